The van der Waals surface area contributed by atoms with Crippen LogP contribution in [0.1, 0.15) is 35.3 Å². The van der Waals surface area contributed by atoms with Crippen molar-refractivity contribution >= 4 is 40.3 Å². The number of nitro benzene ring substituents is 1. The molecule has 1 aliphatic heterocycles. The molecule has 2 amide bonds. The van der Waals surface area contributed by atoms with Gasteiger partial charge < -0.3 is 20.7 Å². The number of nitrogens with zero attached hydrogens (tertiary/aromatic N) is 1. The number of nitro groups is 1. The first kappa shape index (κ1) is 29.1. The lowest BCUT2D eigenvalue weighted by atomic mass is 9.83. The lowest BCUT2D eigenvalue weighted by Gasteiger charge is -2.25. The fourth-order valence-electron chi connectivity index (χ4n) is 4.71. The summed E-state index contributed by atoms with van der Waals surface area (Å²) >= 11 is 0. The van der Waals surface area contributed by atoms with Crippen LogP contribution >= 0.6 is 0 Å². The number of benzene rings is 4. The molecule has 5 rings (SSSR count). The van der Waals surface area contributed by atoms with Gasteiger partial charge in [-0.05, 0) is 85.1 Å². The van der Waals surface area contributed by atoms with E-state index in [0.717, 1.165) is 12.1 Å². The van der Waals surface area contributed by atoms with Gasteiger partial charge in [-0.2, -0.15) is 13.2 Å². The number of anilines is 4. The smallest absolute Gasteiger partial charge is 0.416 e. The van der Waals surface area contributed by atoms with Gasteiger partial charge in [0.1, 0.15) is 0 Å². The number of amides is 2. The zero-order chi connectivity index (χ0) is 31.1. The minimum absolute atomic E-state index is 0.00882. The van der Waals surface area contributed by atoms with Crippen LogP contribution in [0.5, 0.6) is 5.75 Å². The Labute approximate surface area is 243 Å². The number of ether oxygens (including phenoxy) is 1. The zero-order valence-electron chi connectivity index (χ0n) is 23.1. The van der Waals surface area contributed by atoms with Crippen LogP contribution in [0, 0.1) is 10.1 Å². The number of methoxy groups -OCH3 is 1. The molecule has 0 atom stereocenters. The molecule has 0 aromatic heterocycles. The summed E-state index contributed by atoms with van der Waals surface area (Å²) in [5, 5.41) is 19.9. The van der Waals surface area contributed by atoms with Crippen LogP contribution in [-0.2, 0) is 16.4 Å². The first-order valence-corrected chi connectivity index (χ1v) is 13.0. The average Bonchev–Trinajstić information content (AvgIpc) is 3.10. The number of hydrogen-bond acceptors (Lipinski definition) is 6. The molecule has 0 fully saturated rings. The van der Waals surface area contributed by atoms with E-state index in [1.165, 1.54) is 25.3 Å². The minimum atomic E-state index is -4.55. The van der Waals surface area contributed by atoms with Gasteiger partial charge in [-0.25, -0.2) is 0 Å². The number of rotatable bonds is 6. The predicted molar refractivity (Wildman–Crippen MR) is 156 cm³/mol. The lowest BCUT2D eigenvalue weighted by Crippen LogP contribution is -2.35. The fourth-order valence-corrected chi connectivity index (χ4v) is 4.71. The van der Waals surface area contributed by atoms with Crippen molar-refractivity contribution in [2.24, 2.45) is 0 Å². The van der Waals surface area contributed by atoms with Crippen molar-refractivity contribution in [2.45, 2.75) is 25.4 Å². The maximum absolute atomic E-state index is 13.2. The van der Waals surface area contributed by atoms with Crippen LogP contribution < -0.4 is 20.7 Å². The molecular formula is C31H25F3N4O5. The number of carbonyl (C=O) groups excluding carboxylic acids is 2. The zero-order valence-corrected chi connectivity index (χ0v) is 23.1. The van der Waals surface area contributed by atoms with Crippen LogP contribution in [0.2, 0.25) is 0 Å². The fraction of sp³-hybridized carbons (Fsp3) is 0.161. The van der Waals surface area contributed by atoms with Crippen LogP contribution in [0.3, 0.4) is 0 Å². The van der Waals surface area contributed by atoms with E-state index in [1.807, 2.05) is 0 Å². The molecule has 9 nitrogen and oxygen atoms in total. The van der Waals surface area contributed by atoms with Gasteiger partial charge in [-0.15, -0.1) is 0 Å². The van der Waals surface area contributed by atoms with Gasteiger partial charge in [0.15, 0.2) is 5.75 Å². The third-order valence-electron chi connectivity index (χ3n) is 7.25. The highest BCUT2D eigenvalue weighted by atomic mass is 19.4. The summed E-state index contributed by atoms with van der Waals surface area (Å²) in [4.78, 5) is 37.1. The van der Waals surface area contributed by atoms with Crippen molar-refractivity contribution in [1.82, 2.24) is 0 Å². The van der Waals surface area contributed by atoms with Crippen LogP contribution in [0.15, 0.2) is 78.9 Å². The number of halogens is 3. The number of fused-ring (bicyclic) bond motifs is 2. The van der Waals surface area contributed by atoms with Gasteiger partial charge in [0.25, 0.3) is 5.91 Å². The summed E-state index contributed by atoms with van der Waals surface area (Å²) in [5.41, 5.74) is 1.39. The van der Waals surface area contributed by atoms with Gasteiger partial charge >= 0.3 is 11.9 Å². The number of carbonyl (C=O) groups is 2. The molecule has 0 saturated carbocycles. The molecule has 0 aliphatic carbocycles. The standard InChI is InChI=1S/C31H25F3N4O5/c1-30(2,29(40)35-21-6-4-5-20(15-21)31(32,33)34)19-9-11-23-25(16-19)37-28(39)22-10-7-17(13-24(22)36-23)18-8-12-26(38(41)42)27(14-18)43-3/h4-16,36H,1-3H3,(H,35,40)(H,37,39). The van der Waals surface area contributed by atoms with Crippen LogP contribution in [0.25, 0.3) is 11.1 Å². The molecular weight excluding hydrogens is 565 g/mol. The topological polar surface area (TPSA) is 123 Å². The molecule has 0 radical (unpaired) electrons. The Morgan fingerprint density at radius 3 is 2.28 bits per heavy atom. The average molecular weight is 591 g/mol. The molecule has 4 aromatic carbocycles. The predicted octanol–water partition coefficient (Wildman–Crippen LogP) is 7.51. The van der Waals surface area contributed by atoms with E-state index in [-0.39, 0.29) is 17.1 Å². The van der Waals surface area contributed by atoms with E-state index < -0.39 is 33.9 Å². The Hall–Kier alpha value is -5.39. The molecule has 1 heterocycles. The van der Waals surface area contributed by atoms with E-state index in [4.69, 9.17) is 4.74 Å². The number of hydrogen-bond donors (Lipinski definition) is 3. The Morgan fingerprint density at radius 1 is 0.860 bits per heavy atom. The highest BCUT2D eigenvalue weighted by molar-refractivity contribution is 6.12. The van der Waals surface area contributed by atoms with E-state index in [2.05, 4.69) is 16.0 Å². The Morgan fingerprint density at radius 2 is 1.58 bits per heavy atom. The lowest BCUT2D eigenvalue weighted by molar-refractivity contribution is -0.385. The summed E-state index contributed by atoms with van der Waals surface area (Å²) in [6, 6.07) is 19.0. The van der Waals surface area contributed by atoms with Crippen LogP contribution in [0.4, 0.5) is 41.6 Å². The summed E-state index contributed by atoms with van der Waals surface area (Å²) in [6.45, 7) is 3.26. The van der Waals surface area contributed by atoms with Gasteiger partial charge in [0.2, 0.25) is 5.91 Å². The maximum atomic E-state index is 13.2. The molecule has 43 heavy (non-hydrogen) atoms. The summed E-state index contributed by atoms with van der Waals surface area (Å²) in [6.07, 6.45) is -4.55. The molecule has 4 aromatic rings. The minimum Gasteiger partial charge on any atom is -0.490 e. The molecule has 1 aliphatic rings. The third kappa shape index (κ3) is 5.71. The monoisotopic (exact) mass is 590 g/mol. The second-order valence-electron chi connectivity index (χ2n) is 10.4. The quantitative estimate of drug-likeness (QED) is 0.158. The third-order valence-corrected chi connectivity index (χ3v) is 7.25. The normalized spacial score (nSPS) is 12.7. The van der Waals surface area contributed by atoms with Gasteiger partial charge in [-0.1, -0.05) is 18.2 Å². The Bertz CT molecular complexity index is 1790. The van der Waals surface area contributed by atoms with Crippen LogP contribution in [-0.4, -0.2) is 23.8 Å². The molecule has 0 spiro atoms. The molecule has 0 unspecified atom stereocenters. The first-order valence-electron chi connectivity index (χ1n) is 13.0. The second kappa shape index (κ2) is 10.8. The molecule has 0 saturated heterocycles. The highest BCUT2D eigenvalue weighted by Crippen LogP contribution is 2.39. The molecule has 12 heteroatoms. The number of nitrogens with one attached hydrogen (secondary N) is 3. The van der Waals surface area contributed by atoms with E-state index in [1.54, 1.807) is 62.4 Å². The second-order valence-corrected chi connectivity index (χ2v) is 10.4. The van der Waals surface area contributed by atoms with Gasteiger partial charge in [0.05, 0.1) is 45.6 Å². The summed E-state index contributed by atoms with van der Waals surface area (Å²) in [5.74, 6) is -0.843. The van der Waals surface area contributed by atoms with Gasteiger partial charge in [0, 0.05) is 11.8 Å². The summed E-state index contributed by atoms with van der Waals surface area (Å²) < 4.78 is 44.6. The Balaban J connectivity index is 1.42. The Kier molecular flexibility index (Phi) is 7.30. The van der Waals surface area contributed by atoms with E-state index >= 15 is 0 Å². The van der Waals surface area contributed by atoms with Crippen molar-refractivity contribution in [1.29, 1.82) is 0 Å². The highest BCUT2D eigenvalue weighted by Gasteiger charge is 2.33. The van der Waals surface area contributed by atoms with Crippen molar-refractivity contribution in [3.8, 4) is 16.9 Å². The SMILES string of the molecule is COc1cc(-c2ccc3c(c2)Nc2ccc(C(C)(C)C(=O)Nc4cccc(C(F)(F)F)c4)cc2NC3=O)ccc1[N+](=O)[O-]. The largest absolute Gasteiger partial charge is 0.490 e. The maximum Gasteiger partial charge on any atom is 0.416 e. The van der Waals surface area contributed by atoms with Crippen molar-refractivity contribution in [2.75, 3.05) is 23.1 Å². The summed E-state index contributed by atoms with van der Waals surface area (Å²) in [7, 11) is 1.34. The van der Waals surface area contributed by atoms with Crippen molar-refractivity contribution < 1.29 is 32.4 Å². The van der Waals surface area contributed by atoms with Gasteiger partial charge in [-0.3, -0.25) is 19.7 Å². The van der Waals surface area contributed by atoms with E-state index in [0.29, 0.717) is 39.3 Å². The van der Waals surface area contributed by atoms with Crippen molar-refractivity contribution in [3.63, 3.8) is 0 Å². The molecule has 220 valence electrons. The number of alkyl halides is 3. The molecule has 0 bridgehead atoms. The first-order chi connectivity index (χ1) is 20.3. The molecule has 3 N–H and O–H groups in total. The van der Waals surface area contributed by atoms with Crippen molar-refractivity contribution in [3.05, 3.63) is 106 Å². The van der Waals surface area contributed by atoms with E-state index in [9.17, 15) is 32.9 Å².